The zero-order valence-corrected chi connectivity index (χ0v) is 15.2. The molecule has 5 heteroatoms. The van der Waals surface area contributed by atoms with Crippen molar-refractivity contribution in [3.05, 3.63) is 96.2 Å². The number of rotatable bonds is 5. The van der Waals surface area contributed by atoms with Gasteiger partial charge < -0.3 is 16.4 Å². The summed E-state index contributed by atoms with van der Waals surface area (Å²) < 4.78 is 0. The van der Waals surface area contributed by atoms with E-state index in [-0.39, 0.29) is 5.91 Å². The molecular formula is C23H20N4O. The molecule has 0 aliphatic carbocycles. The third-order valence-corrected chi connectivity index (χ3v) is 4.56. The van der Waals surface area contributed by atoms with E-state index < -0.39 is 0 Å². The third-order valence-electron chi connectivity index (χ3n) is 4.56. The smallest absolute Gasteiger partial charge is 0.255 e. The van der Waals surface area contributed by atoms with Gasteiger partial charge in [-0.15, -0.1) is 0 Å². The van der Waals surface area contributed by atoms with Crippen molar-refractivity contribution in [1.29, 1.82) is 0 Å². The van der Waals surface area contributed by atoms with Gasteiger partial charge in [-0.1, -0.05) is 48.5 Å². The van der Waals surface area contributed by atoms with Gasteiger partial charge in [0.25, 0.3) is 5.91 Å². The number of aromatic nitrogens is 1. The van der Waals surface area contributed by atoms with Crippen LogP contribution in [0, 0.1) is 0 Å². The first-order chi connectivity index (χ1) is 13.7. The maximum Gasteiger partial charge on any atom is 0.255 e. The van der Waals surface area contributed by atoms with Crippen LogP contribution in [0.2, 0.25) is 0 Å². The van der Waals surface area contributed by atoms with Crippen LogP contribution in [0.25, 0.3) is 10.8 Å². The molecule has 0 fully saturated rings. The second kappa shape index (κ2) is 7.80. The van der Waals surface area contributed by atoms with Crippen molar-refractivity contribution in [2.75, 3.05) is 16.4 Å². The number of nitrogens with two attached hydrogens (primary N) is 1. The van der Waals surface area contributed by atoms with Gasteiger partial charge in [-0.25, -0.2) is 4.98 Å². The van der Waals surface area contributed by atoms with E-state index in [1.807, 2.05) is 60.7 Å². The van der Waals surface area contributed by atoms with Crippen LogP contribution < -0.4 is 16.4 Å². The molecule has 0 radical (unpaired) electrons. The molecule has 0 aliphatic rings. The predicted octanol–water partition coefficient (Wildman–Crippen LogP) is 4.68. The number of para-hydroxylation sites is 2. The highest BCUT2D eigenvalue weighted by molar-refractivity contribution is 6.05. The van der Waals surface area contributed by atoms with Crippen molar-refractivity contribution < 1.29 is 4.79 Å². The first-order valence-corrected chi connectivity index (χ1v) is 9.03. The molecule has 4 rings (SSSR count). The Kier molecular flexibility index (Phi) is 4.89. The average Bonchev–Trinajstić information content (AvgIpc) is 2.74. The zero-order valence-electron chi connectivity index (χ0n) is 15.2. The Labute approximate surface area is 163 Å². The molecule has 28 heavy (non-hydrogen) atoms. The van der Waals surface area contributed by atoms with Crippen LogP contribution in [-0.2, 0) is 6.54 Å². The van der Waals surface area contributed by atoms with Crippen molar-refractivity contribution in [1.82, 2.24) is 4.98 Å². The van der Waals surface area contributed by atoms with Crippen molar-refractivity contribution in [2.24, 2.45) is 0 Å². The maximum atomic E-state index is 12.4. The summed E-state index contributed by atoms with van der Waals surface area (Å²) in [6.45, 7) is 0.620. The van der Waals surface area contributed by atoms with Gasteiger partial charge in [0, 0.05) is 23.7 Å². The highest BCUT2D eigenvalue weighted by Gasteiger charge is 2.08. The highest BCUT2D eigenvalue weighted by atomic mass is 16.1. The standard InChI is InChI=1S/C23H20N4O/c24-20-7-3-4-8-21(20)27-23(28)18-11-9-16(10-12-18)15-26-22-19-6-2-1-5-17(19)13-14-25-22/h1-14H,15,24H2,(H,25,26)(H,27,28). The summed E-state index contributed by atoms with van der Waals surface area (Å²) in [5.74, 6) is 0.660. The van der Waals surface area contributed by atoms with Crippen LogP contribution in [-0.4, -0.2) is 10.9 Å². The molecule has 1 aromatic heterocycles. The Morgan fingerprint density at radius 1 is 0.893 bits per heavy atom. The van der Waals surface area contributed by atoms with Crippen LogP contribution in [0.3, 0.4) is 0 Å². The summed E-state index contributed by atoms with van der Waals surface area (Å²) in [6, 6.07) is 24.8. The molecule has 0 unspecified atom stereocenters. The fourth-order valence-corrected chi connectivity index (χ4v) is 3.03. The van der Waals surface area contributed by atoms with E-state index in [9.17, 15) is 4.79 Å². The summed E-state index contributed by atoms with van der Waals surface area (Å²) in [5, 5.41) is 8.44. The van der Waals surface area contributed by atoms with E-state index in [2.05, 4.69) is 21.7 Å². The molecule has 4 N–H and O–H groups in total. The number of nitrogens with one attached hydrogen (secondary N) is 2. The lowest BCUT2D eigenvalue weighted by molar-refractivity contribution is 0.102. The number of carbonyl (C=O) groups is 1. The number of hydrogen-bond donors (Lipinski definition) is 3. The Bertz CT molecular complexity index is 1120. The minimum Gasteiger partial charge on any atom is -0.397 e. The third kappa shape index (κ3) is 3.78. The van der Waals surface area contributed by atoms with Gasteiger partial charge in [-0.05, 0) is 41.3 Å². The van der Waals surface area contributed by atoms with Gasteiger partial charge >= 0.3 is 0 Å². The Morgan fingerprint density at radius 2 is 1.64 bits per heavy atom. The lowest BCUT2D eigenvalue weighted by Crippen LogP contribution is -2.13. The quantitative estimate of drug-likeness (QED) is 0.447. The molecule has 4 aromatic rings. The first-order valence-electron chi connectivity index (χ1n) is 9.03. The van der Waals surface area contributed by atoms with Crippen LogP contribution in [0.1, 0.15) is 15.9 Å². The molecule has 0 saturated carbocycles. The van der Waals surface area contributed by atoms with Gasteiger partial charge in [0.15, 0.2) is 0 Å². The van der Waals surface area contributed by atoms with Gasteiger partial charge in [-0.3, -0.25) is 4.79 Å². The van der Waals surface area contributed by atoms with E-state index in [1.165, 1.54) is 0 Å². The summed E-state index contributed by atoms with van der Waals surface area (Å²) in [7, 11) is 0. The lowest BCUT2D eigenvalue weighted by Gasteiger charge is -2.10. The summed E-state index contributed by atoms with van der Waals surface area (Å²) >= 11 is 0. The number of nitrogen functional groups attached to an aromatic ring is 1. The fraction of sp³-hybridized carbons (Fsp3) is 0.0435. The molecule has 0 saturated heterocycles. The average molecular weight is 368 g/mol. The Balaban J connectivity index is 1.43. The molecule has 0 aliphatic heterocycles. The number of nitrogens with zero attached hydrogens (tertiary/aromatic N) is 1. The molecule has 3 aromatic carbocycles. The molecule has 1 amide bonds. The van der Waals surface area contributed by atoms with Crippen molar-refractivity contribution >= 4 is 33.9 Å². The van der Waals surface area contributed by atoms with Crippen LogP contribution in [0.15, 0.2) is 85.1 Å². The largest absolute Gasteiger partial charge is 0.397 e. The monoisotopic (exact) mass is 368 g/mol. The van der Waals surface area contributed by atoms with E-state index >= 15 is 0 Å². The summed E-state index contributed by atoms with van der Waals surface area (Å²) in [4.78, 5) is 16.8. The molecule has 5 nitrogen and oxygen atoms in total. The second-order valence-corrected chi connectivity index (χ2v) is 6.47. The number of pyridine rings is 1. The Morgan fingerprint density at radius 3 is 2.46 bits per heavy atom. The van der Waals surface area contributed by atoms with Crippen molar-refractivity contribution in [3.8, 4) is 0 Å². The van der Waals surface area contributed by atoms with Crippen LogP contribution in [0.5, 0.6) is 0 Å². The van der Waals surface area contributed by atoms with Gasteiger partial charge in [0.2, 0.25) is 0 Å². The number of fused-ring (bicyclic) bond motifs is 1. The normalized spacial score (nSPS) is 10.6. The topological polar surface area (TPSA) is 80.0 Å². The Hall–Kier alpha value is -3.86. The summed E-state index contributed by atoms with van der Waals surface area (Å²) in [5.41, 5.74) is 8.67. The van der Waals surface area contributed by atoms with Gasteiger partial charge in [0.05, 0.1) is 11.4 Å². The number of amides is 1. The summed E-state index contributed by atoms with van der Waals surface area (Å²) in [6.07, 6.45) is 1.80. The number of hydrogen-bond acceptors (Lipinski definition) is 4. The molecule has 0 atom stereocenters. The predicted molar refractivity (Wildman–Crippen MR) is 114 cm³/mol. The van der Waals surface area contributed by atoms with Crippen molar-refractivity contribution in [3.63, 3.8) is 0 Å². The van der Waals surface area contributed by atoms with Crippen molar-refractivity contribution in [2.45, 2.75) is 6.54 Å². The molecule has 1 heterocycles. The molecular weight excluding hydrogens is 348 g/mol. The molecule has 138 valence electrons. The van der Waals surface area contributed by atoms with E-state index in [0.717, 1.165) is 22.2 Å². The minimum atomic E-state index is -0.187. The molecule has 0 spiro atoms. The van der Waals surface area contributed by atoms with Gasteiger partial charge in [-0.2, -0.15) is 0 Å². The second-order valence-electron chi connectivity index (χ2n) is 6.47. The van der Waals surface area contributed by atoms with Gasteiger partial charge in [0.1, 0.15) is 5.82 Å². The molecule has 0 bridgehead atoms. The SMILES string of the molecule is Nc1ccccc1NC(=O)c1ccc(CNc2nccc3ccccc23)cc1. The van der Waals surface area contributed by atoms with E-state index in [1.54, 1.807) is 18.3 Å². The van der Waals surface area contributed by atoms with E-state index in [4.69, 9.17) is 5.73 Å². The fourth-order valence-electron chi connectivity index (χ4n) is 3.03. The highest BCUT2D eigenvalue weighted by Crippen LogP contribution is 2.21. The van der Waals surface area contributed by atoms with Crippen LogP contribution >= 0.6 is 0 Å². The minimum absolute atomic E-state index is 0.187. The zero-order chi connectivity index (χ0) is 19.3. The van der Waals surface area contributed by atoms with Crippen LogP contribution in [0.4, 0.5) is 17.2 Å². The number of carbonyl (C=O) groups excluding carboxylic acids is 1. The lowest BCUT2D eigenvalue weighted by atomic mass is 10.1. The first kappa shape index (κ1) is 17.5. The van der Waals surface area contributed by atoms with E-state index in [0.29, 0.717) is 23.5 Å². The number of anilines is 3. The number of benzene rings is 3. The maximum absolute atomic E-state index is 12.4.